The second kappa shape index (κ2) is 10.2. The number of carbonyl (C=O) groups is 1. The molecule has 6 nitrogen and oxygen atoms in total. The number of aliphatic imine (C=N–C) groups is 1. The molecule has 0 aliphatic carbocycles. The minimum absolute atomic E-state index is 0.283. The predicted octanol–water partition coefficient (Wildman–Crippen LogP) is 2.88. The zero-order chi connectivity index (χ0) is 19.6. The Morgan fingerprint density at radius 1 is 1.11 bits per heavy atom. The maximum absolute atomic E-state index is 13.3. The lowest BCUT2D eigenvalue weighted by Gasteiger charge is -2.13. The first kappa shape index (κ1) is 20.2. The second-order valence-electron chi connectivity index (χ2n) is 5.70. The number of methoxy groups -OCH3 is 2. The van der Waals surface area contributed by atoms with Gasteiger partial charge in [-0.25, -0.2) is 14.2 Å². The van der Waals surface area contributed by atoms with Gasteiger partial charge >= 0.3 is 5.97 Å². The summed E-state index contributed by atoms with van der Waals surface area (Å²) in [5, 5.41) is 6.33. The molecule has 0 fully saturated rings. The van der Waals surface area contributed by atoms with Crippen LogP contribution >= 0.6 is 0 Å². The average Bonchev–Trinajstić information content (AvgIpc) is 2.69. The molecule has 2 rings (SSSR count). The van der Waals surface area contributed by atoms with E-state index in [-0.39, 0.29) is 5.82 Å². The molecule has 0 aromatic heterocycles. The van der Waals surface area contributed by atoms with E-state index in [4.69, 9.17) is 9.47 Å². The quantitative estimate of drug-likeness (QED) is 0.444. The average molecular weight is 373 g/mol. The van der Waals surface area contributed by atoms with Crippen molar-refractivity contribution >= 4 is 11.9 Å². The van der Waals surface area contributed by atoms with Crippen molar-refractivity contribution in [1.29, 1.82) is 0 Å². The normalized spacial score (nSPS) is 11.0. The Balaban J connectivity index is 2.08. The molecule has 0 heterocycles. The third kappa shape index (κ3) is 5.99. The maximum Gasteiger partial charge on any atom is 0.341 e. The highest BCUT2D eigenvalue weighted by molar-refractivity contribution is 5.92. The van der Waals surface area contributed by atoms with Crippen LogP contribution in [-0.2, 0) is 17.8 Å². The predicted molar refractivity (Wildman–Crippen MR) is 102 cm³/mol. The highest BCUT2D eigenvalue weighted by Crippen LogP contribution is 2.20. The van der Waals surface area contributed by atoms with E-state index < -0.39 is 5.97 Å². The minimum Gasteiger partial charge on any atom is -0.496 e. The summed E-state index contributed by atoms with van der Waals surface area (Å²) in [4.78, 5) is 16.3. The molecule has 2 N–H and O–H groups in total. The summed E-state index contributed by atoms with van der Waals surface area (Å²) in [6, 6.07) is 11.6. The second-order valence-corrected chi connectivity index (χ2v) is 5.70. The van der Waals surface area contributed by atoms with Gasteiger partial charge < -0.3 is 20.1 Å². The fourth-order valence-corrected chi connectivity index (χ4v) is 2.47. The van der Waals surface area contributed by atoms with Crippen molar-refractivity contribution in [2.24, 2.45) is 4.99 Å². The van der Waals surface area contributed by atoms with Gasteiger partial charge in [-0.2, -0.15) is 0 Å². The van der Waals surface area contributed by atoms with E-state index in [2.05, 4.69) is 15.6 Å². The first-order chi connectivity index (χ1) is 13.1. The van der Waals surface area contributed by atoms with Crippen LogP contribution in [0.5, 0.6) is 5.75 Å². The lowest BCUT2D eigenvalue weighted by atomic mass is 10.1. The van der Waals surface area contributed by atoms with E-state index in [1.165, 1.54) is 26.4 Å². The van der Waals surface area contributed by atoms with Crippen LogP contribution in [0.15, 0.2) is 47.5 Å². The number of benzene rings is 2. The highest BCUT2D eigenvalue weighted by atomic mass is 19.1. The van der Waals surface area contributed by atoms with E-state index in [0.717, 1.165) is 11.1 Å². The number of hydrogen-bond donors (Lipinski definition) is 2. The Bertz CT molecular complexity index is 809. The molecular weight excluding hydrogens is 349 g/mol. The molecule has 27 heavy (non-hydrogen) atoms. The number of rotatable bonds is 7. The van der Waals surface area contributed by atoms with Gasteiger partial charge in [0.2, 0.25) is 0 Å². The fourth-order valence-electron chi connectivity index (χ4n) is 2.47. The van der Waals surface area contributed by atoms with Gasteiger partial charge in [-0.05, 0) is 42.3 Å². The van der Waals surface area contributed by atoms with Gasteiger partial charge in [0.1, 0.15) is 17.1 Å². The van der Waals surface area contributed by atoms with Crippen LogP contribution in [0.1, 0.15) is 28.4 Å². The smallest absolute Gasteiger partial charge is 0.341 e. The summed E-state index contributed by atoms with van der Waals surface area (Å²) >= 11 is 0. The summed E-state index contributed by atoms with van der Waals surface area (Å²) in [5.74, 6) is 0.309. The highest BCUT2D eigenvalue weighted by Gasteiger charge is 2.13. The van der Waals surface area contributed by atoms with Gasteiger partial charge in [-0.15, -0.1) is 0 Å². The van der Waals surface area contributed by atoms with Gasteiger partial charge in [0.05, 0.1) is 20.8 Å². The van der Waals surface area contributed by atoms with Crippen LogP contribution in [-0.4, -0.2) is 32.7 Å². The Hall–Kier alpha value is -3.09. The van der Waals surface area contributed by atoms with Gasteiger partial charge in [0.25, 0.3) is 0 Å². The molecule has 0 amide bonds. The lowest BCUT2D eigenvalue weighted by Crippen LogP contribution is -2.36. The number of esters is 1. The lowest BCUT2D eigenvalue weighted by molar-refractivity contribution is 0.0597. The van der Waals surface area contributed by atoms with Gasteiger partial charge in [0, 0.05) is 13.1 Å². The Kier molecular flexibility index (Phi) is 7.61. The van der Waals surface area contributed by atoms with Gasteiger partial charge in [-0.3, -0.25) is 0 Å². The van der Waals surface area contributed by atoms with Crippen molar-refractivity contribution in [3.8, 4) is 5.75 Å². The van der Waals surface area contributed by atoms with E-state index in [1.54, 1.807) is 18.2 Å². The summed E-state index contributed by atoms with van der Waals surface area (Å²) in [7, 11) is 2.83. The first-order valence-electron chi connectivity index (χ1n) is 8.59. The van der Waals surface area contributed by atoms with Gasteiger partial charge in [-0.1, -0.05) is 18.2 Å². The molecule has 0 spiro atoms. The largest absolute Gasteiger partial charge is 0.496 e. The number of carbonyl (C=O) groups excluding carboxylic acids is 1. The SMILES string of the molecule is CCNC(=NCc1cccc(F)c1)NCc1ccc(OC)c(C(=O)OC)c1. The van der Waals surface area contributed by atoms with Crippen LogP contribution in [0.25, 0.3) is 0 Å². The number of guanidine groups is 1. The Morgan fingerprint density at radius 2 is 1.93 bits per heavy atom. The van der Waals surface area contributed by atoms with E-state index in [0.29, 0.717) is 36.9 Å². The standard InChI is InChI=1S/C20H24FN3O3/c1-4-22-20(23-12-14-6-5-7-16(21)10-14)24-13-15-8-9-18(26-2)17(11-15)19(25)27-3/h5-11H,4,12-13H2,1-3H3,(H2,22,23,24). The zero-order valence-electron chi connectivity index (χ0n) is 15.7. The van der Waals surface area contributed by atoms with Crippen molar-refractivity contribution in [2.45, 2.75) is 20.0 Å². The van der Waals surface area contributed by atoms with E-state index >= 15 is 0 Å². The molecular formula is C20H24FN3O3. The third-order valence-corrected chi connectivity index (χ3v) is 3.78. The topological polar surface area (TPSA) is 72.0 Å². The number of ether oxygens (including phenoxy) is 2. The monoisotopic (exact) mass is 373 g/mol. The molecule has 0 aliphatic rings. The molecule has 0 saturated carbocycles. The van der Waals surface area contributed by atoms with Gasteiger partial charge in [0.15, 0.2) is 5.96 Å². The van der Waals surface area contributed by atoms with Crippen molar-refractivity contribution in [2.75, 3.05) is 20.8 Å². The molecule has 7 heteroatoms. The zero-order valence-corrected chi connectivity index (χ0v) is 15.7. The number of halogens is 1. The van der Waals surface area contributed by atoms with E-state index in [1.807, 2.05) is 19.1 Å². The Labute approximate surface area is 158 Å². The number of nitrogens with zero attached hydrogens (tertiary/aromatic N) is 1. The third-order valence-electron chi connectivity index (χ3n) is 3.78. The summed E-state index contributed by atoms with van der Waals surface area (Å²) < 4.78 is 23.3. The molecule has 0 bridgehead atoms. The molecule has 0 atom stereocenters. The van der Waals surface area contributed by atoms with Crippen LogP contribution in [0, 0.1) is 5.82 Å². The fraction of sp³-hybridized carbons (Fsp3) is 0.300. The van der Waals surface area contributed by atoms with Crippen molar-refractivity contribution in [3.05, 3.63) is 65.0 Å². The van der Waals surface area contributed by atoms with Crippen molar-refractivity contribution in [1.82, 2.24) is 10.6 Å². The van der Waals surface area contributed by atoms with Crippen molar-refractivity contribution < 1.29 is 18.7 Å². The van der Waals surface area contributed by atoms with Crippen molar-refractivity contribution in [3.63, 3.8) is 0 Å². The molecule has 0 saturated heterocycles. The molecule has 0 aliphatic heterocycles. The molecule has 144 valence electrons. The molecule has 0 unspecified atom stereocenters. The van der Waals surface area contributed by atoms with Crippen LogP contribution in [0.3, 0.4) is 0 Å². The maximum atomic E-state index is 13.3. The molecule has 0 radical (unpaired) electrons. The molecule has 2 aromatic rings. The first-order valence-corrected chi connectivity index (χ1v) is 8.59. The summed E-state index contributed by atoms with van der Waals surface area (Å²) in [5.41, 5.74) is 2.01. The number of hydrogen-bond acceptors (Lipinski definition) is 4. The van der Waals surface area contributed by atoms with E-state index in [9.17, 15) is 9.18 Å². The Morgan fingerprint density at radius 3 is 2.59 bits per heavy atom. The number of nitrogens with one attached hydrogen (secondary N) is 2. The summed E-state index contributed by atoms with van der Waals surface area (Å²) in [6.45, 7) is 3.44. The minimum atomic E-state index is -0.458. The van der Waals surface area contributed by atoms with Crippen LogP contribution < -0.4 is 15.4 Å². The van der Waals surface area contributed by atoms with Crippen LogP contribution in [0.2, 0.25) is 0 Å². The van der Waals surface area contributed by atoms with Crippen LogP contribution in [0.4, 0.5) is 4.39 Å². The molecule has 2 aromatic carbocycles. The summed E-state index contributed by atoms with van der Waals surface area (Å²) in [6.07, 6.45) is 0.